The Balaban J connectivity index is 1.42. The molecule has 0 bridgehead atoms. The van der Waals surface area contributed by atoms with Crippen molar-refractivity contribution in [2.24, 2.45) is 11.8 Å². The summed E-state index contributed by atoms with van der Waals surface area (Å²) in [6, 6.07) is 6.53. The van der Waals surface area contributed by atoms with Gasteiger partial charge < -0.3 is 18.7 Å². The van der Waals surface area contributed by atoms with Gasteiger partial charge in [0.2, 0.25) is 5.78 Å². The largest absolute Gasteiger partial charge is 0.416 e. The fourth-order valence-corrected chi connectivity index (χ4v) is 6.09. The normalized spacial score (nSPS) is 20.0. The zero-order valence-corrected chi connectivity index (χ0v) is 24.1. The van der Waals surface area contributed by atoms with Crippen LogP contribution in [0.25, 0.3) is 16.9 Å². The Kier molecular flexibility index (Phi) is 6.98. The van der Waals surface area contributed by atoms with Gasteiger partial charge in [0, 0.05) is 56.2 Å². The molecule has 1 saturated carbocycles. The molecule has 1 aliphatic rings. The Morgan fingerprint density at radius 2 is 1.92 bits per heavy atom. The van der Waals surface area contributed by atoms with Gasteiger partial charge in [0.25, 0.3) is 11.2 Å². The number of nitrogens with zero attached hydrogens (tertiary/aromatic N) is 6. The molecule has 0 aliphatic heterocycles. The van der Waals surface area contributed by atoms with Gasteiger partial charge in [0.1, 0.15) is 0 Å². The van der Waals surface area contributed by atoms with Gasteiger partial charge >= 0.3 is 0 Å². The molecule has 3 aromatic heterocycles. The highest BCUT2D eigenvalue weighted by Crippen LogP contribution is 2.46. The molecule has 208 valence electrons. The molecule has 3 heterocycles. The zero-order valence-electron chi connectivity index (χ0n) is 23.1. The molecule has 5 rings (SSSR count). The van der Waals surface area contributed by atoms with Crippen LogP contribution >= 0.6 is 0 Å². The van der Waals surface area contributed by atoms with E-state index in [1.54, 1.807) is 24.7 Å². The molecule has 1 aliphatic carbocycles. The molecule has 1 fully saturated rings. The molecule has 0 radical (unpaired) electrons. The molecule has 12 heteroatoms. The fraction of sp³-hybridized carbons (Fsp3) is 0.519. The Bertz CT molecular complexity index is 1570. The van der Waals surface area contributed by atoms with Crippen molar-refractivity contribution in [3.8, 4) is 0 Å². The van der Waals surface area contributed by atoms with E-state index in [1.165, 1.54) is 16.5 Å². The number of hydrogen-bond acceptors (Lipinski definition) is 7. The third-order valence-corrected chi connectivity index (χ3v) is 13.2. The molecule has 0 saturated heterocycles. The van der Waals surface area contributed by atoms with E-state index in [-0.39, 0.29) is 40.8 Å². The second kappa shape index (κ2) is 9.99. The maximum atomic E-state index is 13.3. The van der Waals surface area contributed by atoms with E-state index < -0.39 is 13.2 Å². The molecule has 3 atom stereocenters. The molecule has 0 spiro atoms. The predicted octanol–water partition coefficient (Wildman–Crippen LogP) is 4.19. The second-order valence-electron chi connectivity index (χ2n) is 12.1. The van der Waals surface area contributed by atoms with Gasteiger partial charge in [-0.2, -0.15) is 4.98 Å². The van der Waals surface area contributed by atoms with Crippen molar-refractivity contribution in [3.63, 3.8) is 0 Å². The number of non-ortho nitro benzene ring substituents is 1. The first-order valence-electron chi connectivity index (χ1n) is 13.3. The zero-order chi connectivity index (χ0) is 28.1. The average molecular weight is 553 g/mol. The smallest absolute Gasteiger partial charge is 0.287 e. The Morgan fingerprint density at radius 3 is 2.56 bits per heavy atom. The monoisotopic (exact) mass is 552 g/mol. The number of benzene rings is 1. The van der Waals surface area contributed by atoms with Crippen LogP contribution in [0.4, 0.5) is 5.69 Å². The third-order valence-electron chi connectivity index (χ3n) is 8.73. The van der Waals surface area contributed by atoms with Gasteiger partial charge in [-0.3, -0.25) is 14.9 Å². The number of nitro groups is 1. The number of aryl methyl sites for hydroxylation is 2. The lowest BCUT2D eigenvalue weighted by Crippen LogP contribution is -2.48. The fourth-order valence-electron chi connectivity index (χ4n) is 5.05. The molecular formula is C27H36N6O5Si. The van der Waals surface area contributed by atoms with Gasteiger partial charge in [-0.05, 0) is 42.5 Å². The molecule has 39 heavy (non-hydrogen) atoms. The maximum absolute atomic E-state index is 13.3. The van der Waals surface area contributed by atoms with E-state index >= 15 is 0 Å². The van der Waals surface area contributed by atoms with E-state index in [0.717, 1.165) is 12.0 Å². The summed E-state index contributed by atoms with van der Waals surface area (Å²) in [5.74, 6) is 0.756. The molecule has 11 nitrogen and oxygen atoms in total. The number of imidazole rings is 2. The van der Waals surface area contributed by atoms with E-state index in [1.807, 2.05) is 15.3 Å². The first-order chi connectivity index (χ1) is 18.4. The van der Waals surface area contributed by atoms with Gasteiger partial charge in [-0.15, -0.1) is 0 Å². The number of fused-ring (bicyclic) bond motifs is 2. The second-order valence-corrected chi connectivity index (χ2v) is 16.9. The standard InChI is InChI=1S/C27H36N6O5Si/c1-27(2,3)39(4,5)38-16-21-19(15-34)14-22(21)32-17-28-23-24(32)29-26-30(12-13-31(26)25(23)35)11-10-18-6-8-20(9-7-18)33(36)37/h6-9,12-13,17,19,21-22,34H,10-11,14-16H2,1-5H3/t19-,21-,22-/m1/s1. The molecule has 0 amide bonds. The Labute approximate surface area is 227 Å². The highest BCUT2D eigenvalue weighted by molar-refractivity contribution is 6.74. The predicted molar refractivity (Wildman–Crippen MR) is 150 cm³/mol. The SMILES string of the molecule is CC(C)(C)[Si](C)(C)OC[C@@H]1[C@@H](CO)C[C@H]1n1cnc2c(=O)n3ccn(CCc4ccc([N+](=O)[O-])cc4)c3nc21. The maximum Gasteiger partial charge on any atom is 0.287 e. The van der Waals surface area contributed by atoms with E-state index in [0.29, 0.717) is 36.5 Å². The van der Waals surface area contributed by atoms with Crippen molar-refractivity contribution < 1.29 is 14.5 Å². The number of aromatic nitrogens is 5. The van der Waals surface area contributed by atoms with E-state index in [9.17, 15) is 20.0 Å². The van der Waals surface area contributed by atoms with Crippen LogP contribution < -0.4 is 5.56 Å². The Morgan fingerprint density at radius 1 is 1.21 bits per heavy atom. The molecule has 4 aromatic rings. The summed E-state index contributed by atoms with van der Waals surface area (Å²) >= 11 is 0. The van der Waals surface area contributed by atoms with Crippen LogP contribution in [0.3, 0.4) is 0 Å². The summed E-state index contributed by atoms with van der Waals surface area (Å²) in [4.78, 5) is 33.1. The summed E-state index contributed by atoms with van der Waals surface area (Å²) < 4.78 is 11.9. The first kappa shape index (κ1) is 27.2. The lowest BCUT2D eigenvalue weighted by atomic mass is 9.70. The molecule has 1 N–H and O–H groups in total. The van der Waals surface area contributed by atoms with Gasteiger partial charge in [0.15, 0.2) is 19.5 Å². The summed E-state index contributed by atoms with van der Waals surface area (Å²) in [6.07, 6.45) is 6.61. The van der Waals surface area contributed by atoms with Gasteiger partial charge in [-0.25, -0.2) is 9.38 Å². The molecule has 0 unspecified atom stereocenters. The lowest BCUT2D eigenvalue weighted by molar-refractivity contribution is -0.384. The van der Waals surface area contributed by atoms with Crippen LogP contribution in [0.15, 0.2) is 47.8 Å². The van der Waals surface area contributed by atoms with Crippen molar-refractivity contribution in [3.05, 3.63) is 69.0 Å². The minimum atomic E-state index is -1.96. The quantitative estimate of drug-likeness (QED) is 0.187. The molecule has 1 aromatic carbocycles. The van der Waals surface area contributed by atoms with Crippen LogP contribution in [0.2, 0.25) is 18.1 Å². The number of aliphatic hydroxyl groups is 1. The highest BCUT2D eigenvalue weighted by Gasteiger charge is 2.45. The van der Waals surface area contributed by atoms with Crippen LogP contribution in [0.1, 0.15) is 38.8 Å². The number of nitro benzene ring substituents is 1. The third kappa shape index (κ3) is 4.92. The minimum absolute atomic E-state index is 0.0368. The van der Waals surface area contributed by atoms with E-state index in [2.05, 4.69) is 38.8 Å². The van der Waals surface area contributed by atoms with Crippen molar-refractivity contribution >= 4 is 30.9 Å². The first-order valence-corrected chi connectivity index (χ1v) is 16.2. The lowest BCUT2D eigenvalue weighted by Gasteiger charge is -2.47. The van der Waals surface area contributed by atoms with Crippen molar-refractivity contribution in [1.29, 1.82) is 0 Å². The van der Waals surface area contributed by atoms with Crippen molar-refractivity contribution in [2.45, 2.75) is 64.3 Å². The summed E-state index contributed by atoms with van der Waals surface area (Å²) in [5, 5.41) is 21.0. The van der Waals surface area contributed by atoms with Gasteiger partial charge in [0.05, 0.1) is 11.3 Å². The van der Waals surface area contributed by atoms with Crippen LogP contribution in [0.5, 0.6) is 0 Å². The number of rotatable bonds is 9. The van der Waals surface area contributed by atoms with Crippen molar-refractivity contribution in [2.75, 3.05) is 13.2 Å². The number of aliphatic hydroxyl groups excluding tert-OH is 1. The van der Waals surface area contributed by atoms with Crippen LogP contribution in [-0.2, 0) is 17.4 Å². The Hall–Kier alpha value is -3.35. The highest BCUT2D eigenvalue weighted by atomic mass is 28.4. The average Bonchev–Trinajstić information content (AvgIpc) is 3.47. The summed E-state index contributed by atoms with van der Waals surface area (Å²) in [7, 11) is -1.96. The number of hydrogen-bond donors (Lipinski definition) is 1. The summed E-state index contributed by atoms with van der Waals surface area (Å²) in [5.41, 5.74) is 1.64. The van der Waals surface area contributed by atoms with Gasteiger partial charge in [-0.1, -0.05) is 32.9 Å². The molecular weight excluding hydrogens is 516 g/mol. The van der Waals surface area contributed by atoms with E-state index in [4.69, 9.17) is 9.41 Å². The minimum Gasteiger partial charge on any atom is -0.416 e. The van der Waals surface area contributed by atoms with Crippen LogP contribution in [0, 0.1) is 22.0 Å². The topological polar surface area (TPSA) is 130 Å². The van der Waals surface area contributed by atoms with Crippen LogP contribution in [-0.4, -0.2) is 55.1 Å². The summed E-state index contributed by atoms with van der Waals surface area (Å²) in [6.45, 7) is 12.3. The van der Waals surface area contributed by atoms with Crippen molar-refractivity contribution in [1.82, 2.24) is 23.5 Å².